The van der Waals surface area contributed by atoms with Gasteiger partial charge < -0.3 is 15.4 Å². The Bertz CT molecular complexity index is 790. The van der Waals surface area contributed by atoms with Crippen molar-refractivity contribution in [3.63, 3.8) is 0 Å². The zero-order chi connectivity index (χ0) is 18.4. The third kappa shape index (κ3) is 5.05. The van der Waals surface area contributed by atoms with E-state index in [0.717, 1.165) is 29.8 Å². The number of hydrogen-bond acceptors (Lipinski definition) is 3. The third-order valence-electron chi connectivity index (χ3n) is 4.14. The molecule has 1 heterocycles. The second-order valence-corrected chi connectivity index (χ2v) is 6.23. The van der Waals surface area contributed by atoms with Gasteiger partial charge in [-0.1, -0.05) is 0 Å². The first-order valence-corrected chi connectivity index (χ1v) is 8.71. The Morgan fingerprint density at radius 2 is 1.96 bits per heavy atom. The molecule has 0 radical (unpaired) electrons. The van der Waals surface area contributed by atoms with Gasteiger partial charge in [-0.3, -0.25) is 9.59 Å². The van der Waals surface area contributed by atoms with Crippen molar-refractivity contribution in [1.29, 1.82) is 0 Å². The Morgan fingerprint density at radius 1 is 1.15 bits per heavy atom. The Labute approximate surface area is 151 Å². The van der Waals surface area contributed by atoms with Crippen LogP contribution in [0.25, 0.3) is 0 Å². The maximum absolute atomic E-state index is 12.8. The van der Waals surface area contributed by atoms with Crippen molar-refractivity contribution < 1.29 is 18.7 Å². The molecule has 6 heteroatoms. The number of hydrogen-bond donors (Lipinski definition) is 2. The van der Waals surface area contributed by atoms with Crippen molar-refractivity contribution in [2.75, 3.05) is 17.2 Å². The van der Waals surface area contributed by atoms with Crippen LogP contribution in [-0.2, 0) is 16.0 Å². The number of benzene rings is 2. The molecule has 2 aromatic rings. The van der Waals surface area contributed by atoms with Gasteiger partial charge in [-0.15, -0.1) is 0 Å². The van der Waals surface area contributed by atoms with Gasteiger partial charge in [-0.05, 0) is 67.3 Å². The van der Waals surface area contributed by atoms with Crippen LogP contribution in [0.15, 0.2) is 42.5 Å². The number of carbonyl (C=O) groups excluding carboxylic acids is 2. The number of anilines is 2. The fourth-order valence-corrected chi connectivity index (χ4v) is 2.83. The second kappa shape index (κ2) is 8.47. The largest absolute Gasteiger partial charge is 0.494 e. The summed E-state index contributed by atoms with van der Waals surface area (Å²) in [6.45, 7) is 0.384. The maximum atomic E-state index is 12.8. The lowest BCUT2D eigenvalue weighted by atomic mass is 10.1. The number of aryl methyl sites for hydroxylation is 1. The standard InChI is InChI=1S/C20H21FN2O3/c21-15-6-9-17(10-7-15)26-12-2-5-19(24)22-16-8-11-18-14(13-16)3-1-4-20(25)23-18/h6-11,13H,1-5,12H2,(H,22,24)(H,23,25). The van der Waals surface area contributed by atoms with Crippen LogP contribution in [-0.4, -0.2) is 18.4 Å². The van der Waals surface area contributed by atoms with Crippen molar-refractivity contribution in [2.45, 2.75) is 32.1 Å². The molecule has 5 nitrogen and oxygen atoms in total. The normalized spacial score (nSPS) is 13.3. The summed E-state index contributed by atoms with van der Waals surface area (Å²) in [5.74, 6) is 0.212. The molecule has 136 valence electrons. The van der Waals surface area contributed by atoms with E-state index >= 15 is 0 Å². The molecular weight excluding hydrogens is 335 g/mol. The predicted molar refractivity (Wildman–Crippen MR) is 97.8 cm³/mol. The maximum Gasteiger partial charge on any atom is 0.224 e. The van der Waals surface area contributed by atoms with E-state index in [9.17, 15) is 14.0 Å². The molecule has 0 aliphatic carbocycles. The number of amides is 2. The molecule has 0 atom stereocenters. The smallest absolute Gasteiger partial charge is 0.224 e. The number of carbonyl (C=O) groups is 2. The van der Waals surface area contributed by atoms with Crippen LogP contribution in [0, 0.1) is 5.82 Å². The van der Waals surface area contributed by atoms with Gasteiger partial charge in [0.1, 0.15) is 11.6 Å². The summed E-state index contributed by atoms with van der Waals surface area (Å²) in [6, 6.07) is 11.3. The third-order valence-corrected chi connectivity index (χ3v) is 4.14. The molecule has 1 aliphatic heterocycles. The predicted octanol–water partition coefficient (Wildman–Crippen LogP) is 3.90. The molecule has 2 N–H and O–H groups in total. The summed E-state index contributed by atoms with van der Waals surface area (Å²) in [6.07, 6.45) is 3.02. The van der Waals surface area contributed by atoms with Crippen LogP contribution < -0.4 is 15.4 Å². The minimum atomic E-state index is -0.308. The number of ether oxygens (including phenoxy) is 1. The first-order valence-electron chi connectivity index (χ1n) is 8.71. The topological polar surface area (TPSA) is 67.4 Å². The molecule has 0 bridgehead atoms. The van der Waals surface area contributed by atoms with E-state index in [2.05, 4.69) is 10.6 Å². The van der Waals surface area contributed by atoms with Crippen LogP contribution in [0.2, 0.25) is 0 Å². The van der Waals surface area contributed by atoms with E-state index in [0.29, 0.717) is 31.6 Å². The lowest BCUT2D eigenvalue weighted by Crippen LogP contribution is -2.13. The van der Waals surface area contributed by atoms with Gasteiger partial charge in [0.2, 0.25) is 11.8 Å². The Balaban J connectivity index is 1.45. The van der Waals surface area contributed by atoms with Gasteiger partial charge in [0, 0.05) is 24.2 Å². The summed E-state index contributed by atoms with van der Waals surface area (Å²) in [5.41, 5.74) is 2.58. The zero-order valence-corrected chi connectivity index (χ0v) is 14.4. The molecule has 0 saturated carbocycles. The molecule has 1 aliphatic rings. The lowest BCUT2D eigenvalue weighted by molar-refractivity contribution is -0.117. The quantitative estimate of drug-likeness (QED) is 0.772. The van der Waals surface area contributed by atoms with Crippen LogP contribution in [0.3, 0.4) is 0 Å². The first-order chi connectivity index (χ1) is 12.6. The average molecular weight is 356 g/mol. The molecule has 0 aromatic heterocycles. The van der Waals surface area contributed by atoms with Gasteiger partial charge in [0.25, 0.3) is 0 Å². The minimum Gasteiger partial charge on any atom is -0.494 e. The highest BCUT2D eigenvalue weighted by molar-refractivity contribution is 5.94. The molecule has 0 spiro atoms. The molecule has 2 amide bonds. The van der Waals surface area contributed by atoms with Gasteiger partial charge in [0.05, 0.1) is 6.61 Å². The van der Waals surface area contributed by atoms with E-state index in [1.807, 2.05) is 12.1 Å². The monoisotopic (exact) mass is 356 g/mol. The van der Waals surface area contributed by atoms with Crippen molar-refractivity contribution in [2.24, 2.45) is 0 Å². The molecule has 2 aromatic carbocycles. The van der Waals surface area contributed by atoms with Crippen LogP contribution in [0.4, 0.5) is 15.8 Å². The van der Waals surface area contributed by atoms with Crippen molar-refractivity contribution in [1.82, 2.24) is 0 Å². The minimum absolute atomic E-state index is 0.0293. The highest BCUT2D eigenvalue weighted by atomic mass is 19.1. The van der Waals surface area contributed by atoms with Gasteiger partial charge in [-0.2, -0.15) is 0 Å². The average Bonchev–Trinajstić information content (AvgIpc) is 2.80. The Hall–Kier alpha value is -2.89. The van der Waals surface area contributed by atoms with Gasteiger partial charge >= 0.3 is 0 Å². The lowest BCUT2D eigenvalue weighted by Gasteiger charge is -2.11. The first kappa shape index (κ1) is 17.9. The summed E-state index contributed by atoms with van der Waals surface area (Å²) in [7, 11) is 0. The Morgan fingerprint density at radius 3 is 2.77 bits per heavy atom. The van der Waals surface area contributed by atoms with E-state index in [-0.39, 0.29) is 17.6 Å². The zero-order valence-electron chi connectivity index (χ0n) is 14.4. The van der Waals surface area contributed by atoms with E-state index in [4.69, 9.17) is 4.74 Å². The summed E-state index contributed by atoms with van der Waals surface area (Å²) in [5, 5.41) is 5.75. The van der Waals surface area contributed by atoms with Crippen molar-refractivity contribution in [3.05, 3.63) is 53.8 Å². The van der Waals surface area contributed by atoms with Gasteiger partial charge in [0.15, 0.2) is 0 Å². The van der Waals surface area contributed by atoms with E-state index < -0.39 is 0 Å². The highest BCUT2D eigenvalue weighted by Gasteiger charge is 2.13. The van der Waals surface area contributed by atoms with E-state index in [1.165, 1.54) is 12.1 Å². The van der Waals surface area contributed by atoms with E-state index in [1.54, 1.807) is 18.2 Å². The highest BCUT2D eigenvalue weighted by Crippen LogP contribution is 2.25. The second-order valence-electron chi connectivity index (χ2n) is 6.23. The Kier molecular flexibility index (Phi) is 5.84. The SMILES string of the molecule is O=C(CCCOc1ccc(F)cc1)Nc1ccc2c(c1)CCCC(=O)N2. The molecule has 3 rings (SSSR count). The summed E-state index contributed by atoms with van der Waals surface area (Å²) < 4.78 is 18.3. The number of rotatable bonds is 6. The van der Waals surface area contributed by atoms with Crippen LogP contribution in [0.1, 0.15) is 31.2 Å². The fraction of sp³-hybridized carbons (Fsp3) is 0.300. The number of fused-ring (bicyclic) bond motifs is 1. The van der Waals surface area contributed by atoms with Crippen molar-refractivity contribution >= 4 is 23.2 Å². The van der Waals surface area contributed by atoms with Crippen LogP contribution >= 0.6 is 0 Å². The fourth-order valence-electron chi connectivity index (χ4n) is 2.83. The molecule has 0 fully saturated rings. The summed E-state index contributed by atoms with van der Waals surface area (Å²) in [4.78, 5) is 23.6. The molecule has 0 unspecified atom stereocenters. The molecular formula is C20H21FN2O3. The molecule has 0 saturated heterocycles. The number of nitrogens with one attached hydrogen (secondary N) is 2. The van der Waals surface area contributed by atoms with Gasteiger partial charge in [-0.25, -0.2) is 4.39 Å². The van der Waals surface area contributed by atoms with Crippen molar-refractivity contribution in [3.8, 4) is 5.75 Å². The van der Waals surface area contributed by atoms with Crippen LogP contribution in [0.5, 0.6) is 5.75 Å². The summed E-state index contributed by atoms with van der Waals surface area (Å²) >= 11 is 0. The number of halogens is 1. The molecule has 26 heavy (non-hydrogen) atoms.